The van der Waals surface area contributed by atoms with E-state index in [-0.39, 0.29) is 12.4 Å². The van der Waals surface area contributed by atoms with E-state index in [0.717, 1.165) is 53.8 Å². The number of alkyl halides is 1. The van der Waals surface area contributed by atoms with Crippen LogP contribution >= 0.6 is 0 Å². The quantitative estimate of drug-likeness (QED) is 0.464. The Hall–Kier alpha value is -3.07. The number of fused-ring (bicyclic) bond motifs is 2. The summed E-state index contributed by atoms with van der Waals surface area (Å²) in [6.07, 6.45) is 6.73. The Bertz CT molecular complexity index is 1350. The molecule has 0 unspecified atom stereocenters. The Morgan fingerprint density at radius 1 is 1.21 bits per heavy atom. The van der Waals surface area contributed by atoms with Crippen molar-refractivity contribution in [1.82, 2.24) is 29.4 Å². The molecule has 7 nitrogen and oxygen atoms in total. The second kappa shape index (κ2) is 7.48. The highest BCUT2D eigenvalue weighted by Gasteiger charge is 2.43. The summed E-state index contributed by atoms with van der Waals surface area (Å²) in [7, 11) is 2.13. The van der Waals surface area contributed by atoms with E-state index < -0.39 is 5.67 Å². The third-order valence-electron chi connectivity index (χ3n) is 7.08. The number of aromatic amines is 1. The zero-order valence-electron chi connectivity index (χ0n) is 18.8. The van der Waals surface area contributed by atoms with Gasteiger partial charge >= 0.3 is 0 Å². The van der Waals surface area contributed by atoms with E-state index in [1.54, 1.807) is 6.20 Å². The molecule has 0 atom stereocenters. The van der Waals surface area contributed by atoms with E-state index in [1.165, 1.54) is 6.07 Å². The molecular formula is C24H27F2N7. The molecule has 9 heteroatoms. The van der Waals surface area contributed by atoms with Crippen molar-refractivity contribution < 1.29 is 8.78 Å². The van der Waals surface area contributed by atoms with E-state index in [1.807, 2.05) is 19.2 Å². The molecular weight excluding hydrogens is 424 g/mol. The monoisotopic (exact) mass is 451 g/mol. The lowest BCUT2D eigenvalue weighted by atomic mass is 10.0. The van der Waals surface area contributed by atoms with Crippen molar-refractivity contribution in [3.8, 4) is 11.1 Å². The maximum atomic E-state index is 15.2. The first-order chi connectivity index (χ1) is 15.9. The highest BCUT2D eigenvalue weighted by molar-refractivity contribution is 5.96. The van der Waals surface area contributed by atoms with Gasteiger partial charge in [0, 0.05) is 29.4 Å². The van der Waals surface area contributed by atoms with E-state index in [2.05, 4.69) is 41.8 Å². The molecule has 3 aromatic heterocycles. The number of rotatable bonds is 5. The first kappa shape index (κ1) is 20.5. The molecule has 1 aliphatic carbocycles. The predicted octanol–water partition coefficient (Wildman–Crippen LogP) is 4.60. The van der Waals surface area contributed by atoms with Gasteiger partial charge in [-0.1, -0.05) is 0 Å². The highest BCUT2D eigenvalue weighted by Crippen LogP contribution is 2.39. The fourth-order valence-electron chi connectivity index (χ4n) is 4.92. The lowest BCUT2D eigenvalue weighted by Crippen LogP contribution is -2.31. The van der Waals surface area contributed by atoms with Gasteiger partial charge in [0.05, 0.1) is 12.1 Å². The van der Waals surface area contributed by atoms with Gasteiger partial charge in [-0.2, -0.15) is 4.98 Å². The van der Waals surface area contributed by atoms with Crippen LogP contribution in [0.3, 0.4) is 0 Å². The summed E-state index contributed by atoms with van der Waals surface area (Å²) in [6, 6.07) is 3.86. The number of hydrogen-bond donors (Lipinski definition) is 2. The summed E-state index contributed by atoms with van der Waals surface area (Å²) >= 11 is 0. The van der Waals surface area contributed by atoms with Crippen molar-refractivity contribution in [2.45, 2.75) is 44.3 Å². The summed E-state index contributed by atoms with van der Waals surface area (Å²) < 4.78 is 31.3. The number of nitrogens with one attached hydrogen (secondary N) is 2. The van der Waals surface area contributed by atoms with Crippen LogP contribution in [-0.4, -0.2) is 61.8 Å². The molecule has 2 N–H and O–H groups in total. The number of aryl methyl sites for hydroxylation is 1. The molecule has 0 radical (unpaired) electrons. The van der Waals surface area contributed by atoms with Crippen LogP contribution in [0.15, 0.2) is 24.5 Å². The van der Waals surface area contributed by atoms with E-state index in [9.17, 15) is 4.39 Å². The van der Waals surface area contributed by atoms with Gasteiger partial charge in [0.15, 0.2) is 5.82 Å². The minimum atomic E-state index is -1.12. The molecule has 1 aliphatic heterocycles. The second-order valence-electron chi connectivity index (χ2n) is 9.55. The van der Waals surface area contributed by atoms with Crippen molar-refractivity contribution in [2.75, 3.05) is 32.0 Å². The molecule has 1 saturated heterocycles. The molecule has 4 heterocycles. The van der Waals surface area contributed by atoms with Crippen LogP contribution in [-0.2, 0) is 0 Å². The van der Waals surface area contributed by atoms with Crippen LogP contribution in [0.4, 0.5) is 14.7 Å². The molecule has 0 amide bonds. The number of piperidine rings is 1. The van der Waals surface area contributed by atoms with E-state index >= 15 is 4.39 Å². The molecule has 4 aromatic rings. The summed E-state index contributed by atoms with van der Waals surface area (Å²) in [5.41, 5.74) is 2.33. The highest BCUT2D eigenvalue weighted by atomic mass is 19.1. The minimum absolute atomic E-state index is 0.217. The number of hydrogen-bond acceptors (Lipinski definition) is 5. The van der Waals surface area contributed by atoms with Gasteiger partial charge in [0.25, 0.3) is 0 Å². The molecule has 172 valence electrons. The van der Waals surface area contributed by atoms with Gasteiger partial charge in [-0.15, -0.1) is 0 Å². The number of H-pyrrole nitrogens is 1. The van der Waals surface area contributed by atoms with Gasteiger partial charge in [-0.05, 0) is 70.4 Å². The first-order valence-electron chi connectivity index (χ1n) is 11.5. The van der Waals surface area contributed by atoms with Crippen molar-refractivity contribution in [1.29, 1.82) is 0 Å². The van der Waals surface area contributed by atoms with Gasteiger partial charge < -0.3 is 19.8 Å². The van der Waals surface area contributed by atoms with Gasteiger partial charge in [-0.25, -0.2) is 18.7 Å². The number of halogens is 2. The summed E-state index contributed by atoms with van der Waals surface area (Å²) in [5, 5.41) is 3.77. The lowest BCUT2D eigenvalue weighted by molar-refractivity contribution is 0.222. The Labute approximate surface area is 190 Å². The number of imidazole rings is 1. The van der Waals surface area contributed by atoms with Crippen molar-refractivity contribution in [3.63, 3.8) is 0 Å². The van der Waals surface area contributed by atoms with Crippen LogP contribution in [0, 0.1) is 12.7 Å². The number of anilines is 1. The third-order valence-corrected chi connectivity index (χ3v) is 7.08. The maximum absolute atomic E-state index is 15.2. The molecule has 2 aliphatic rings. The van der Waals surface area contributed by atoms with Crippen LogP contribution in [0.1, 0.15) is 37.5 Å². The van der Waals surface area contributed by atoms with Gasteiger partial charge in [-0.3, -0.25) is 0 Å². The fourth-order valence-corrected chi connectivity index (χ4v) is 4.92. The molecule has 1 aromatic carbocycles. The van der Waals surface area contributed by atoms with Gasteiger partial charge in [0.1, 0.15) is 22.7 Å². The molecule has 0 bridgehead atoms. The molecule has 6 rings (SSSR count). The zero-order chi connectivity index (χ0) is 22.7. The summed E-state index contributed by atoms with van der Waals surface area (Å²) in [6.45, 7) is 4.21. The normalized spacial score (nSPS) is 18.9. The van der Waals surface area contributed by atoms with Crippen LogP contribution in [0.25, 0.3) is 33.2 Å². The van der Waals surface area contributed by atoms with Crippen molar-refractivity contribution in [3.05, 3.63) is 36.2 Å². The van der Waals surface area contributed by atoms with E-state index in [4.69, 9.17) is 0 Å². The summed E-state index contributed by atoms with van der Waals surface area (Å²) in [4.78, 5) is 18.9. The SMILES string of the molecule is Cc1nc2c(F)cc(-c3c[nH]c4nc(NCC5(F)CC5)ncc34)cc2n1C1CCN(C)CC1. The smallest absolute Gasteiger partial charge is 0.224 e. The number of nitrogens with zero attached hydrogens (tertiary/aromatic N) is 5. The average Bonchev–Trinajstić information content (AvgIpc) is 3.24. The van der Waals surface area contributed by atoms with Crippen LogP contribution in [0.5, 0.6) is 0 Å². The fraction of sp³-hybridized carbons (Fsp3) is 0.458. The molecule has 0 spiro atoms. The molecule has 1 saturated carbocycles. The summed E-state index contributed by atoms with van der Waals surface area (Å²) in [5.74, 6) is 0.899. The Kier molecular flexibility index (Phi) is 4.65. The first-order valence-corrected chi connectivity index (χ1v) is 11.5. The van der Waals surface area contributed by atoms with Gasteiger partial charge in [0.2, 0.25) is 5.95 Å². The maximum Gasteiger partial charge on any atom is 0.224 e. The second-order valence-corrected chi connectivity index (χ2v) is 9.55. The van der Waals surface area contributed by atoms with Crippen molar-refractivity contribution in [2.24, 2.45) is 0 Å². The third kappa shape index (κ3) is 3.64. The van der Waals surface area contributed by atoms with Crippen molar-refractivity contribution >= 4 is 28.0 Å². The lowest BCUT2D eigenvalue weighted by Gasteiger charge is -2.30. The van der Waals surface area contributed by atoms with E-state index in [0.29, 0.717) is 36.0 Å². The average molecular weight is 452 g/mol. The van der Waals surface area contributed by atoms with Crippen LogP contribution < -0.4 is 5.32 Å². The largest absolute Gasteiger partial charge is 0.351 e. The zero-order valence-corrected chi connectivity index (χ0v) is 18.8. The Morgan fingerprint density at radius 3 is 2.76 bits per heavy atom. The number of benzene rings is 1. The minimum Gasteiger partial charge on any atom is -0.351 e. The van der Waals surface area contributed by atoms with Crippen LogP contribution in [0.2, 0.25) is 0 Å². The standard InChI is InChI=1S/C24H27F2N7/c1-14-30-21-19(25)9-15(10-20(21)33(14)16-3-7-32(2)8-4-16)17-11-27-22-18(17)12-28-23(31-22)29-13-24(26)5-6-24/h9-12,16H,3-8,13H2,1-2H3,(H2,27,28,29,31). The molecule has 2 fully saturated rings. The Balaban J connectivity index is 1.38. The topological polar surface area (TPSA) is 74.7 Å². The number of likely N-dealkylation sites (tertiary alicyclic amines) is 1. The predicted molar refractivity (Wildman–Crippen MR) is 125 cm³/mol. The molecule has 33 heavy (non-hydrogen) atoms. The Morgan fingerprint density at radius 2 is 2.00 bits per heavy atom. The number of aromatic nitrogens is 5.